The molecule has 0 amide bonds. The van der Waals surface area contributed by atoms with E-state index in [0.29, 0.717) is 5.75 Å². The third kappa shape index (κ3) is 2.18. The van der Waals surface area contributed by atoms with Gasteiger partial charge in [0.05, 0.1) is 7.11 Å². The molecule has 1 aliphatic heterocycles. The number of allylic oxidation sites excluding steroid dienone is 1. The minimum atomic E-state index is -0.464. The topological polar surface area (TPSA) is 76.0 Å². The van der Waals surface area contributed by atoms with Crippen molar-refractivity contribution in [3.8, 4) is 23.0 Å². The van der Waals surface area contributed by atoms with Gasteiger partial charge in [0.15, 0.2) is 17.3 Å². The van der Waals surface area contributed by atoms with Gasteiger partial charge in [-0.2, -0.15) is 0 Å². The van der Waals surface area contributed by atoms with E-state index in [9.17, 15) is 15.0 Å². The molecule has 0 aromatic heterocycles. The summed E-state index contributed by atoms with van der Waals surface area (Å²) in [6.45, 7) is 0. The molecule has 0 aliphatic carbocycles. The summed E-state index contributed by atoms with van der Waals surface area (Å²) in [5, 5.41) is 19.2. The zero-order valence-electron chi connectivity index (χ0n) is 11.2. The summed E-state index contributed by atoms with van der Waals surface area (Å²) in [7, 11) is 1.57. The second-order valence-corrected chi connectivity index (χ2v) is 4.52. The monoisotopic (exact) mass is 284 g/mol. The highest BCUT2D eigenvalue weighted by Crippen LogP contribution is 2.42. The summed E-state index contributed by atoms with van der Waals surface area (Å²) in [6.07, 6.45) is 1.57. The molecule has 0 saturated heterocycles. The first-order valence-corrected chi connectivity index (χ1v) is 6.23. The summed E-state index contributed by atoms with van der Waals surface area (Å²) in [4.78, 5) is 12.2. The standard InChI is InChI=1S/C16H12O5/c1-20-10-4-2-9(3-5-10)8-13-16(19)14-12(21-13)7-6-11(17)15(14)18/h2-8,17-18H,1H3/b13-8-. The van der Waals surface area contributed by atoms with Gasteiger partial charge in [-0.05, 0) is 35.9 Å². The Morgan fingerprint density at radius 1 is 1.10 bits per heavy atom. The minimum absolute atomic E-state index is 0.0187. The van der Waals surface area contributed by atoms with Crippen LogP contribution < -0.4 is 9.47 Å². The average Bonchev–Trinajstić information content (AvgIpc) is 2.81. The second kappa shape index (κ2) is 4.86. The molecule has 2 aromatic carbocycles. The molecular weight excluding hydrogens is 272 g/mol. The Labute approximate surface area is 120 Å². The van der Waals surface area contributed by atoms with Crippen LogP contribution in [0.1, 0.15) is 15.9 Å². The number of methoxy groups -OCH3 is 1. The van der Waals surface area contributed by atoms with Crippen molar-refractivity contribution < 1.29 is 24.5 Å². The molecule has 21 heavy (non-hydrogen) atoms. The van der Waals surface area contributed by atoms with Gasteiger partial charge in [0.25, 0.3) is 0 Å². The van der Waals surface area contributed by atoms with Crippen LogP contribution in [0.5, 0.6) is 23.0 Å². The predicted octanol–water partition coefficient (Wildman–Crippen LogP) is 2.72. The van der Waals surface area contributed by atoms with E-state index in [4.69, 9.17) is 9.47 Å². The SMILES string of the molecule is COc1ccc(/C=C2\Oc3ccc(O)c(O)c3C2=O)cc1. The van der Waals surface area contributed by atoms with Gasteiger partial charge in [0.2, 0.25) is 5.78 Å². The highest BCUT2D eigenvalue weighted by Gasteiger charge is 2.31. The van der Waals surface area contributed by atoms with E-state index in [0.717, 1.165) is 5.56 Å². The molecule has 0 radical (unpaired) electrons. The summed E-state index contributed by atoms with van der Waals surface area (Å²) in [5.41, 5.74) is 0.741. The van der Waals surface area contributed by atoms with Crippen molar-refractivity contribution in [1.82, 2.24) is 0 Å². The molecule has 0 bridgehead atoms. The maximum atomic E-state index is 12.2. The van der Waals surface area contributed by atoms with E-state index in [1.807, 2.05) is 0 Å². The number of ketones is 1. The molecule has 0 atom stereocenters. The van der Waals surface area contributed by atoms with Crippen LogP contribution in [0, 0.1) is 0 Å². The molecule has 0 saturated carbocycles. The predicted molar refractivity (Wildman–Crippen MR) is 75.7 cm³/mol. The number of fused-ring (bicyclic) bond motifs is 1. The number of carbonyl (C=O) groups excluding carboxylic acids is 1. The molecule has 0 fully saturated rings. The molecule has 3 rings (SSSR count). The lowest BCUT2D eigenvalue weighted by atomic mass is 10.1. The number of hydrogen-bond acceptors (Lipinski definition) is 5. The Balaban J connectivity index is 1.97. The first-order chi connectivity index (χ1) is 10.1. The summed E-state index contributed by atoms with van der Waals surface area (Å²) < 4.78 is 10.5. The zero-order chi connectivity index (χ0) is 15.0. The van der Waals surface area contributed by atoms with Crippen LogP contribution in [0.4, 0.5) is 0 Å². The lowest BCUT2D eigenvalue weighted by Gasteiger charge is -2.01. The van der Waals surface area contributed by atoms with Crippen molar-refractivity contribution >= 4 is 11.9 Å². The number of phenolic OH excluding ortho intramolecular Hbond substituents is 2. The van der Waals surface area contributed by atoms with Gasteiger partial charge in [0, 0.05) is 0 Å². The highest BCUT2D eigenvalue weighted by atomic mass is 16.5. The van der Waals surface area contributed by atoms with Gasteiger partial charge >= 0.3 is 0 Å². The van der Waals surface area contributed by atoms with Crippen LogP contribution >= 0.6 is 0 Å². The fraction of sp³-hybridized carbons (Fsp3) is 0.0625. The van der Waals surface area contributed by atoms with Gasteiger partial charge in [-0.1, -0.05) is 12.1 Å². The molecule has 5 heteroatoms. The molecule has 1 heterocycles. The fourth-order valence-electron chi connectivity index (χ4n) is 2.10. The summed E-state index contributed by atoms with van der Waals surface area (Å²) in [6, 6.07) is 9.81. The van der Waals surface area contributed by atoms with E-state index in [1.54, 1.807) is 37.5 Å². The van der Waals surface area contributed by atoms with Crippen LogP contribution in [-0.4, -0.2) is 23.1 Å². The van der Waals surface area contributed by atoms with Crippen molar-refractivity contribution in [1.29, 1.82) is 0 Å². The summed E-state index contributed by atoms with van der Waals surface area (Å²) >= 11 is 0. The summed E-state index contributed by atoms with van der Waals surface area (Å²) in [5.74, 6) is -0.242. The molecular formula is C16H12O5. The third-order valence-electron chi connectivity index (χ3n) is 3.20. The fourth-order valence-corrected chi connectivity index (χ4v) is 2.10. The number of ether oxygens (including phenoxy) is 2. The van der Waals surface area contributed by atoms with Gasteiger partial charge in [-0.3, -0.25) is 4.79 Å². The van der Waals surface area contributed by atoms with Crippen LogP contribution in [-0.2, 0) is 0 Å². The molecule has 0 spiro atoms. The first-order valence-electron chi connectivity index (χ1n) is 6.23. The number of hydrogen-bond donors (Lipinski definition) is 2. The van der Waals surface area contributed by atoms with Crippen molar-refractivity contribution in [2.45, 2.75) is 0 Å². The second-order valence-electron chi connectivity index (χ2n) is 4.52. The molecule has 0 unspecified atom stereocenters. The Hall–Kier alpha value is -2.95. The highest BCUT2D eigenvalue weighted by molar-refractivity contribution is 6.16. The molecule has 106 valence electrons. The van der Waals surface area contributed by atoms with E-state index >= 15 is 0 Å². The normalized spacial score (nSPS) is 14.9. The number of carbonyl (C=O) groups is 1. The maximum Gasteiger partial charge on any atom is 0.235 e. The Bertz CT molecular complexity index is 744. The third-order valence-corrected chi connectivity index (χ3v) is 3.20. The van der Waals surface area contributed by atoms with Crippen LogP contribution in [0.3, 0.4) is 0 Å². The molecule has 5 nitrogen and oxygen atoms in total. The van der Waals surface area contributed by atoms with Crippen molar-refractivity contribution in [2.24, 2.45) is 0 Å². The largest absolute Gasteiger partial charge is 0.504 e. The zero-order valence-corrected chi connectivity index (χ0v) is 11.2. The Morgan fingerprint density at radius 2 is 1.81 bits per heavy atom. The van der Waals surface area contributed by atoms with Crippen LogP contribution in [0.25, 0.3) is 6.08 Å². The molecule has 2 aromatic rings. The number of aromatic hydroxyl groups is 2. The Morgan fingerprint density at radius 3 is 2.48 bits per heavy atom. The van der Waals surface area contributed by atoms with Crippen molar-refractivity contribution in [3.63, 3.8) is 0 Å². The van der Waals surface area contributed by atoms with E-state index in [1.165, 1.54) is 12.1 Å². The van der Waals surface area contributed by atoms with Gasteiger partial charge in [-0.15, -0.1) is 0 Å². The van der Waals surface area contributed by atoms with Crippen molar-refractivity contribution in [2.75, 3.05) is 7.11 Å². The smallest absolute Gasteiger partial charge is 0.235 e. The van der Waals surface area contributed by atoms with E-state index in [2.05, 4.69) is 0 Å². The average molecular weight is 284 g/mol. The Kier molecular flexibility index (Phi) is 3.02. The quantitative estimate of drug-likeness (QED) is 0.655. The molecule has 1 aliphatic rings. The first kappa shape index (κ1) is 13.1. The maximum absolute atomic E-state index is 12.2. The van der Waals surface area contributed by atoms with Crippen LogP contribution in [0.15, 0.2) is 42.2 Å². The number of rotatable bonds is 2. The number of benzene rings is 2. The van der Waals surface area contributed by atoms with Gasteiger partial charge in [0.1, 0.15) is 17.1 Å². The minimum Gasteiger partial charge on any atom is -0.504 e. The van der Waals surface area contributed by atoms with E-state index in [-0.39, 0.29) is 22.8 Å². The van der Waals surface area contributed by atoms with Crippen LogP contribution in [0.2, 0.25) is 0 Å². The molecule has 2 N–H and O–H groups in total. The van der Waals surface area contributed by atoms with Crippen molar-refractivity contribution in [3.05, 3.63) is 53.3 Å². The van der Waals surface area contributed by atoms with Gasteiger partial charge < -0.3 is 19.7 Å². The number of Topliss-reactive ketones (excluding diaryl/α,β-unsaturated/α-hetero) is 1. The van der Waals surface area contributed by atoms with Gasteiger partial charge in [-0.25, -0.2) is 0 Å². The van der Waals surface area contributed by atoms with E-state index < -0.39 is 11.5 Å². The lowest BCUT2D eigenvalue weighted by molar-refractivity contribution is 0.101. The number of phenols is 2. The lowest BCUT2D eigenvalue weighted by Crippen LogP contribution is -1.98.